The van der Waals surface area contributed by atoms with Crippen LogP contribution in [0.25, 0.3) is 0 Å². The Balaban J connectivity index is 2.53. The van der Waals surface area contributed by atoms with E-state index >= 15 is 0 Å². The summed E-state index contributed by atoms with van der Waals surface area (Å²) >= 11 is 0. The summed E-state index contributed by atoms with van der Waals surface area (Å²) in [4.78, 5) is 8.23. The smallest absolute Gasteiger partial charge is 0.222 e. The Kier molecular flexibility index (Phi) is 4.03. The van der Waals surface area contributed by atoms with E-state index in [1.54, 1.807) is 12.4 Å². The highest BCUT2D eigenvalue weighted by atomic mass is 16.3. The Bertz CT molecular complexity index is 293. The predicted molar refractivity (Wildman–Crippen MR) is 60.8 cm³/mol. The lowest BCUT2D eigenvalue weighted by atomic mass is 9.98. The van der Waals surface area contributed by atoms with Gasteiger partial charge in [0.05, 0.1) is 5.60 Å². The molecule has 0 spiro atoms. The number of nitrogens with one attached hydrogen (secondary N) is 1. The molecule has 0 aliphatic rings. The maximum absolute atomic E-state index is 10.0. The van der Waals surface area contributed by atoms with Crippen LogP contribution in [-0.2, 0) is 0 Å². The van der Waals surface area contributed by atoms with Gasteiger partial charge in [0.15, 0.2) is 0 Å². The molecule has 15 heavy (non-hydrogen) atoms. The van der Waals surface area contributed by atoms with Crippen LogP contribution in [0.5, 0.6) is 0 Å². The zero-order valence-corrected chi connectivity index (χ0v) is 9.62. The van der Waals surface area contributed by atoms with Crippen LogP contribution in [0.3, 0.4) is 0 Å². The first kappa shape index (κ1) is 11.9. The van der Waals surface area contributed by atoms with Crippen molar-refractivity contribution in [2.75, 3.05) is 11.9 Å². The van der Waals surface area contributed by atoms with Gasteiger partial charge < -0.3 is 10.4 Å². The number of anilines is 1. The first-order chi connectivity index (χ1) is 7.09. The van der Waals surface area contributed by atoms with Crippen molar-refractivity contribution in [1.29, 1.82) is 0 Å². The Hall–Kier alpha value is -1.16. The Morgan fingerprint density at radius 1 is 1.27 bits per heavy atom. The highest BCUT2D eigenvalue weighted by molar-refractivity contribution is 5.25. The van der Waals surface area contributed by atoms with E-state index in [4.69, 9.17) is 0 Å². The minimum atomic E-state index is -0.658. The van der Waals surface area contributed by atoms with Gasteiger partial charge in [-0.15, -0.1) is 0 Å². The summed E-state index contributed by atoms with van der Waals surface area (Å²) in [5.74, 6) is 0.570. The lowest BCUT2D eigenvalue weighted by molar-refractivity contribution is 0.0455. The number of hydrogen-bond acceptors (Lipinski definition) is 4. The van der Waals surface area contributed by atoms with Crippen LogP contribution >= 0.6 is 0 Å². The molecule has 0 saturated heterocycles. The second-order valence-electron chi connectivity index (χ2n) is 3.87. The zero-order chi connectivity index (χ0) is 11.3. The van der Waals surface area contributed by atoms with Gasteiger partial charge in [-0.1, -0.05) is 13.8 Å². The fourth-order valence-corrected chi connectivity index (χ4v) is 1.23. The molecule has 0 radical (unpaired) electrons. The molecule has 0 unspecified atom stereocenters. The van der Waals surface area contributed by atoms with Crippen molar-refractivity contribution < 1.29 is 5.11 Å². The van der Waals surface area contributed by atoms with Gasteiger partial charge >= 0.3 is 0 Å². The number of aryl methyl sites for hydroxylation is 1. The van der Waals surface area contributed by atoms with Gasteiger partial charge in [-0.25, -0.2) is 9.97 Å². The molecular formula is C11H19N3O. The van der Waals surface area contributed by atoms with Crippen LogP contribution in [0.2, 0.25) is 0 Å². The summed E-state index contributed by atoms with van der Waals surface area (Å²) in [5.41, 5.74) is 0.371. The van der Waals surface area contributed by atoms with E-state index in [0.29, 0.717) is 12.5 Å². The molecule has 0 bridgehead atoms. The molecule has 0 fully saturated rings. The van der Waals surface area contributed by atoms with Crippen molar-refractivity contribution in [3.63, 3.8) is 0 Å². The molecule has 1 heterocycles. The molecule has 0 aromatic carbocycles. The van der Waals surface area contributed by atoms with E-state index < -0.39 is 5.60 Å². The van der Waals surface area contributed by atoms with Gasteiger partial charge in [-0.3, -0.25) is 0 Å². The summed E-state index contributed by atoms with van der Waals surface area (Å²) in [5, 5.41) is 13.1. The van der Waals surface area contributed by atoms with E-state index in [1.807, 2.05) is 20.8 Å². The van der Waals surface area contributed by atoms with E-state index in [-0.39, 0.29) is 0 Å². The molecule has 84 valence electrons. The van der Waals surface area contributed by atoms with Crippen molar-refractivity contribution in [2.45, 2.75) is 39.2 Å². The molecule has 0 saturated carbocycles. The van der Waals surface area contributed by atoms with Crippen LogP contribution in [0.15, 0.2) is 12.4 Å². The predicted octanol–water partition coefficient (Wildman–Crippen LogP) is 1.75. The van der Waals surface area contributed by atoms with Crippen molar-refractivity contribution in [3.8, 4) is 0 Å². The van der Waals surface area contributed by atoms with Crippen molar-refractivity contribution in [2.24, 2.45) is 0 Å². The second-order valence-corrected chi connectivity index (χ2v) is 3.87. The molecule has 1 rings (SSSR count). The van der Waals surface area contributed by atoms with Crippen molar-refractivity contribution in [3.05, 3.63) is 18.0 Å². The first-order valence-corrected chi connectivity index (χ1v) is 5.34. The third-order valence-corrected chi connectivity index (χ3v) is 2.67. The van der Waals surface area contributed by atoms with E-state index in [0.717, 1.165) is 18.4 Å². The van der Waals surface area contributed by atoms with Crippen LogP contribution < -0.4 is 5.32 Å². The van der Waals surface area contributed by atoms with Gasteiger partial charge in [0.25, 0.3) is 0 Å². The maximum Gasteiger partial charge on any atom is 0.222 e. The molecule has 2 N–H and O–H groups in total. The molecule has 0 atom stereocenters. The standard InChI is InChI=1S/C11H19N3O/c1-4-11(15,5-2)8-14-10-12-6-9(3)7-13-10/h6-7,15H,4-5,8H2,1-3H3,(H,12,13,14). The quantitative estimate of drug-likeness (QED) is 0.775. The zero-order valence-electron chi connectivity index (χ0n) is 9.62. The third kappa shape index (κ3) is 3.47. The summed E-state index contributed by atoms with van der Waals surface area (Å²) in [7, 11) is 0. The molecule has 4 heteroatoms. The second kappa shape index (κ2) is 5.07. The molecule has 0 amide bonds. The van der Waals surface area contributed by atoms with Gasteiger partial charge in [-0.2, -0.15) is 0 Å². The Morgan fingerprint density at radius 2 is 1.80 bits per heavy atom. The van der Waals surface area contributed by atoms with Gasteiger partial charge in [0.2, 0.25) is 5.95 Å². The average Bonchev–Trinajstić information content (AvgIpc) is 2.28. The number of rotatable bonds is 5. The van der Waals surface area contributed by atoms with Crippen LogP contribution in [0.1, 0.15) is 32.3 Å². The van der Waals surface area contributed by atoms with E-state index in [9.17, 15) is 5.11 Å². The van der Waals surface area contributed by atoms with E-state index in [2.05, 4.69) is 15.3 Å². The van der Waals surface area contributed by atoms with Crippen molar-refractivity contribution >= 4 is 5.95 Å². The fourth-order valence-electron chi connectivity index (χ4n) is 1.23. The monoisotopic (exact) mass is 209 g/mol. The van der Waals surface area contributed by atoms with Gasteiger partial charge in [0, 0.05) is 18.9 Å². The van der Waals surface area contributed by atoms with Crippen LogP contribution in [0, 0.1) is 6.92 Å². The van der Waals surface area contributed by atoms with Gasteiger partial charge in [-0.05, 0) is 25.3 Å². The number of aliphatic hydroxyl groups is 1. The summed E-state index contributed by atoms with van der Waals surface area (Å²) in [6, 6.07) is 0. The molecule has 1 aromatic rings. The maximum atomic E-state index is 10.0. The SMILES string of the molecule is CCC(O)(CC)CNc1ncc(C)cn1. The summed E-state index contributed by atoms with van der Waals surface area (Å²) in [6.07, 6.45) is 4.96. The molecule has 0 aliphatic heterocycles. The first-order valence-electron chi connectivity index (χ1n) is 5.34. The normalized spacial score (nSPS) is 11.5. The minimum Gasteiger partial charge on any atom is -0.388 e. The van der Waals surface area contributed by atoms with E-state index in [1.165, 1.54) is 0 Å². The Morgan fingerprint density at radius 3 is 2.27 bits per heavy atom. The average molecular weight is 209 g/mol. The van der Waals surface area contributed by atoms with Crippen molar-refractivity contribution in [1.82, 2.24) is 9.97 Å². The molecule has 1 aromatic heterocycles. The fraction of sp³-hybridized carbons (Fsp3) is 0.636. The largest absolute Gasteiger partial charge is 0.388 e. The number of aromatic nitrogens is 2. The molecule has 0 aliphatic carbocycles. The lowest BCUT2D eigenvalue weighted by Crippen LogP contribution is -2.35. The molecule has 4 nitrogen and oxygen atoms in total. The highest BCUT2D eigenvalue weighted by Gasteiger charge is 2.21. The Labute approximate surface area is 90.8 Å². The lowest BCUT2D eigenvalue weighted by Gasteiger charge is -2.25. The topological polar surface area (TPSA) is 58.0 Å². The van der Waals surface area contributed by atoms with Gasteiger partial charge in [0.1, 0.15) is 0 Å². The number of hydrogen-bond donors (Lipinski definition) is 2. The summed E-state index contributed by atoms with van der Waals surface area (Å²) < 4.78 is 0. The molecular weight excluding hydrogens is 190 g/mol. The minimum absolute atomic E-state index is 0.489. The highest BCUT2D eigenvalue weighted by Crippen LogP contribution is 2.14. The van der Waals surface area contributed by atoms with Crippen LogP contribution in [-0.4, -0.2) is 27.2 Å². The van der Waals surface area contributed by atoms with Crippen LogP contribution in [0.4, 0.5) is 5.95 Å². The summed E-state index contributed by atoms with van der Waals surface area (Å²) in [6.45, 7) is 6.38. The third-order valence-electron chi connectivity index (χ3n) is 2.67. The number of nitrogens with zero attached hydrogens (tertiary/aromatic N) is 2.